The van der Waals surface area contributed by atoms with Gasteiger partial charge in [0.1, 0.15) is 11.6 Å². The number of oxime groups is 1. The van der Waals surface area contributed by atoms with Gasteiger partial charge in [-0.2, -0.15) is 11.8 Å². The first kappa shape index (κ1) is 27.1. The number of amides is 1. The summed E-state index contributed by atoms with van der Waals surface area (Å²) in [6, 6.07) is -0.914. The SMILES string of the molecule is C#C[C@@]1(O)CC[C@H]2[C@@H]3CCC4=C/C(=N/OCC(=O)N[C@@H](CCSC)C(=O)O)CC[C@]4(C)[C@H]3CC[C@@]21C. The maximum absolute atomic E-state index is 12.2. The van der Waals surface area contributed by atoms with Crippen LogP contribution < -0.4 is 5.32 Å². The van der Waals surface area contributed by atoms with E-state index in [0.29, 0.717) is 36.3 Å². The van der Waals surface area contributed by atoms with Gasteiger partial charge in [-0.3, -0.25) is 4.79 Å². The maximum atomic E-state index is 12.2. The minimum atomic E-state index is -1.04. The fourth-order valence-electron chi connectivity index (χ4n) is 7.80. The third-order valence-corrected chi connectivity index (χ3v) is 10.6. The van der Waals surface area contributed by atoms with Crippen molar-refractivity contribution < 1.29 is 24.6 Å². The van der Waals surface area contributed by atoms with E-state index in [9.17, 15) is 19.8 Å². The van der Waals surface area contributed by atoms with Gasteiger partial charge in [-0.25, -0.2) is 4.79 Å². The van der Waals surface area contributed by atoms with Gasteiger partial charge in [0.2, 0.25) is 0 Å². The normalized spacial score (nSPS) is 39.1. The Morgan fingerprint density at radius 3 is 2.69 bits per heavy atom. The fraction of sp³-hybridized carbons (Fsp3) is 0.750. The Kier molecular flexibility index (Phi) is 7.83. The second-order valence-corrected chi connectivity index (χ2v) is 12.6. The molecule has 0 spiro atoms. The number of aliphatic carboxylic acids is 1. The van der Waals surface area contributed by atoms with E-state index in [0.717, 1.165) is 50.7 Å². The molecule has 4 aliphatic carbocycles. The molecule has 0 aliphatic heterocycles. The van der Waals surface area contributed by atoms with Crippen LogP contribution in [0.2, 0.25) is 0 Å². The number of rotatable bonds is 8. The Bertz CT molecular complexity index is 989. The molecule has 3 saturated carbocycles. The molecular formula is C28H40N2O5S. The lowest BCUT2D eigenvalue weighted by Gasteiger charge is -2.58. The van der Waals surface area contributed by atoms with Gasteiger partial charge < -0.3 is 20.4 Å². The lowest BCUT2D eigenvalue weighted by atomic mass is 9.46. The lowest BCUT2D eigenvalue weighted by molar-refractivity contribution is -0.142. The summed E-state index contributed by atoms with van der Waals surface area (Å²) in [7, 11) is 0. The number of aliphatic hydroxyl groups is 1. The first-order valence-corrected chi connectivity index (χ1v) is 14.6. The molecule has 0 aromatic carbocycles. The number of thioether (sulfide) groups is 1. The second kappa shape index (κ2) is 10.4. The summed E-state index contributed by atoms with van der Waals surface area (Å²) in [4.78, 5) is 28.8. The van der Waals surface area contributed by atoms with Crippen LogP contribution in [0.5, 0.6) is 0 Å². The molecular weight excluding hydrogens is 476 g/mol. The molecule has 0 aromatic heterocycles. The van der Waals surface area contributed by atoms with E-state index in [1.54, 1.807) is 0 Å². The molecule has 4 aliphatic rings. The smallest absolute Gasteiger partial charge is 0.326 e. The van der Waals surface area contributed by atoms with Gasteiger partial charge in [-0.05, 0) is 99.0 Å². The van der Waals surface area contributed by atoms with E-state index in [2.05, 4.69) is 36.3 Å². The minimum absolute atomic E-state index is 0.115. The minimum Gasteiger partial charge on any atom is -0.480 e. The van der Waals surface area contributed by atoms with Gasteiger partial charge in [0.25, 0.3) is 5.91 Å². The molecule has 1 amide bonds. The highest BCUT2D eigenvalue weighted by molar-refractivity contribution is 7.98. The van der Waals surface area contributed by atoms with E-state index in [4.69, 9.17) is 11.3 Å². The molecule has 0 bridgehead atoms. The molecule has 3 fully saturated rings. The number of nitrogens with zero attached hydrogens (tertiary/aromatic N) is 1. The summed E-state index contributed by atoms with van der Waals surface area (Å²) in [6.45, 7) is 4.32. The number of carbonyl (C=O) groups excluding carboxylic acids is 1. The van der Waals surface area contributed by atoms with Gasteiger partial charge in [0.05, 0.1) is 5.71 Å². The number of allylic oxidation sites excluding steroid dienone is 2. The highest BCUT2D eigenvalue weighted by atomic mass is 32.2. The van der Waals surface area contributed by atoms with E-state index < -0.39 is 23.5 Å². The Hall–Kier alpha value is -1.98. The van der Waals surface area contributed by atoms with Crippen LogP contribution >= 0.6 is 11.8 Å². The molecule has 0 aromatic rings. The van der Waals surface area contributed by atoms with Crippen molar-refractivity contribution in [3.05, 3.63) is 11.6 Å². The number of terminal acetylenes is 1. The van der Waals surface area contributed by atoms with Gasteiger partial charge in [0.15, 0.2) is 6.61 Å². The first-order valence-electron chi connectivity index (χ1n) is 13.2. The predicted molar refractivity (Wildman–Crippen MR) is 141 cm³/mol. The van der Waals surface area contributed by atoms with Gasteiger partial charge in [-0.1, -0.05) is 30.5 Å². The zero-order valence-electron chi connectivity index (χ0n) is 21.7. The van der Waals surface area contributed by atoms with E-state index in [1.807, 2.05) is 6.26 Å². The molecule has 0 saturated heterocycles. The van der Waals surface area contributed by atoms with Crippen LogP contribution in [0.1, 0.15) is 71.6 Å². The second-order valence-electron chi connectivity index (χ2n) is 11.6. The average Bonchev–Trinajstić information content (AvgIpc) is 3.12. The number of hydrogen-bond acceptors (Lipinski definition) is 6. The first-order chi connectivity index (χ1) is 17.1. The van der Waals surface area contributed by atoms with Crippen LogP contribution in [0.4, 0.5) is 0 Å². The highest BCUT2D eigenvalue weighted by Gasteiger charge is 2.63. The maximum Gasteiger partial charge on any atom is 0.326 e. The summed E-state index contributed by atoms with van der Waals surface area (Å²) in [5.74, 6) is 3.53. The third kappa shape index (κ3) is 4.69. The standard InChI is InChI=1S/C28H40N2O5S/c1-5-28(34)14-10-22-20-7-6-18-16-19(8-12-26(18,2)21(20)9-13-27(22,28)3)30-35-17-24(31)29-23(25(32)33)11-15-36-4/h1,16,20-23,34H,6-15,17H2,2-4H3,(H,29,31)(H,32,33)/b30-19+/t20-,21+,22+,23+,26+,27+,28-/m1/s1. The molecule has 4 rings (SSSR count). The number of hydrogen-bond donors (Lipinski definition) is 3. The number of carboxylic acids is 1. The van der Waals surface area contributed by atoms with Crippen LogP contribution in [0.15, 0.2) is 16.8 Å². The zero-order valence-corrected chi connectivity index (χ0v) is 22.5. The van der Waals surface area contributed by atoms with Crippen molar-refractivity contribution in [1.82, 2.24) is 5.32 Å². The summed E-state index contributed by atoms with van der Waals surface area (Å²) < 4.78 is 0. The number of fused-ring (bicyclic) bond motifs is 5. The Morgan fingerprint density at radius 1 is 1.25 bits per heavy atom. The van der Waals surface area contributed by atoms with Crippen LogP contribution in [0.3, 0.4) is 0 Å². The fourth-order valence-corrected chi connectivity index (χ4v) is 8.27. The van der Waals surface area contributed by atoms with Crippen molar-refractivity contribution in [3.63, 3.8) is 0 Å². The Labute approximate surface area is 218 Å². The zero-order chi connectivity index (χ0) is 26.1. The monoisotopic (exact) mass is 516 g/mol. The van der Waals surface area contributed by atoms with Crippen LogP contribution in [0.25, 0.3) is 0 Å². The molecule has 0 heterocycles. The quantitative estimate of drug-likeness (QED) is 0.332. The average molecular weight is 517 g/mol. The lowest BCUT2D eigenvalue weighted by Crippen LogP contribution is -2.54. The van der Waals surface area contributed by atoms with E-state index >= 15 is 0 Å². The molecule has 7 nitrogen and oxygen atoms in total. The van der Waals surface area contributed by atoms with Crippen molar-refractivity contribution in [2.45, 2.75) is 83.3 Å². The molecule has 198 valence electrons. The summed E-state index contributed by atoms with van der Waals surface area (Å²) in [5, 5.41) is 27.2. The molecule has 8 heteroatoms. The van der Waals surface area contributed by atoms with Gasteiger partial charge in [-0.15, -0.1) is 6.42 Å². The topological polar surface area (TPSA) is 108 Å². The van der Waals surface area contributed by atoms with Crippen molar-refractivity contribution in [2.75, 3.05) is 18.6 Å². The Balaban J connectivity index is 1.38. The van der Waals surface area contributed by atoms with E-state index in [1.165, 1.54) is 17.3 Å². The predicted octanol–water partition coefficient (Wildman–Crippen LogP) is 4.01. The van der Waals surface area contributed by atoms with Gasteiger partial charge >= 0.3 is 5.97 Å². The van der Waals surface area contributed by atoms with E-state index in [-0.39, 0.29) is 17.4 Å². The van der Waals surface area contributed by atoms with Gasteiger partial charge in [0, 0.05) is 5.41 Å². The summed E-state index contributed by atoms with van der Waals surface area (Å²) in [6.07, 6.45) is 17.9. The highest BCUT2D eigenvalue weighted by Crippen LogP contribution is 2.67. The number of carbonyl (C=O) groups is 2. The largest absolute Gasteiger partial charge is 0.480 e. The summed E-state index contributed by atoms with van der Waals surface area (Å²) >= 11 is 1.54. The van der Waals surface area contributed by atoms with Crippen LogP contribution in [-0.2, 0) is 14.4 Å². The number of nitrogens with one attached hydrogen (secondary N) is 1. The van der Waals surface area contributed by atoms with Crippen LogP contribution in [0, 0.1) is 40.9 Å². The number of carboxylic acid groups (broad SMARTS) is 1. The van der Waals surface area contributed by atoms with Crippen molar-refractivity contribution >= 4 is 29.4 Å². The van der Waals surface area contributed by atoms with Crippen molar-refractivity contribution in [2.24, 2.45) is 33.7 Å². The van der Waals surface area contributed by atoms with Crippen molar-refractivity contribution in [1.29, 1.82) is 0 Å². The molecule has 0 radical (unpaired) electrons. The molecule has 7 atom stereocenters. The Morgan fingerprint density at radius 2 is 2.00 bits per heavy atom. The van der Waals surface area contributed by atoms with Crippen LogP contribution in [-0.4, -0.2) is 58.1 Å². The van der Waals surface area contributed by atoms with Crippen molar-refractivity contribution in [3.8, 4) is 12.3 Å². The molecule has 36 heavy (non-hydrogen) atoms. The third-order valence-electron chi connectivity index (χ3n) is 9.99. The summed E-state index contributed by atoms with van der Waals surface area (Å²) in [5.41, 5.74) is 1.21. The molecule has 3 N–H and O–H groups in total. The molecule has 0 unspecified atom stereocenters.